The van der Waals surface area contributed by atoms with E-state index in [0.717, 1.165) is 19.3 Å². The van der Waals surface area contributed by atoms with E-state index in [-0.39, 0.29) is 81.6 Å². The van der Waals surface area contributed by atoms with Crippen LogP contribution in [0.15, 0.2) is 36.5 Å². The van der Waals surface area contributed by atoms with Gasteiger partial charge in [-0.15, -0.1) is 0 Å². The van der Waals surface area contributed by atoms with Gasteiger partial charge in [0.2, 0.25) is 0 Å². The summed E-state index contributed by atoms with van der Waals surface area (Å²) in [5.41, 5.74) is -0.156. The average molecular weight is 922 g/mol. The molecule has 0 fully saturated rings. The quantitative estimate of drug-likeness (QED) is 0.0313. The van der Waals surface area contributed by atoms with Gasteiger partial charge in [0.15, 0.2) is 0 Å². The Balaban J connectivity index is 5.94. The van der Waals surface area contributed by atoms with E-state index < -0.39 is 5.60 Å². The second kappa shape index (κ2) is 28.7. The largest absolute Gasteiger partial charge is 0.462 e. The van der Waals surface area contributed by atoms with Crippen molar-refractivity contribution in [2.24, 2.45) is 40.9 Å². The Morgan fingerprint density at radius 1 is 0.523 bits per heavy atom. The first-order valence-corrected chi connectivity index (χ1v) is 24.3. The topological polar surface area (TPSA) is 143 Å². The molecule has 0 radical (unpaired) electrons. The molecule has 0 aromatic heterocycles. The summed E-state index contributed by atoms with van der Waals surface area (Å²) in [6, 6.07) is 0. The summed E-state index contributed by atoms with van der Waals surface area (Å²) in [7, 11) is 0. The van der Waals surface area contributed by atoms with Crippen LogP contribution in [-0.2, 0) is 42.8 Å². The van der Waals surface area contributed by atoms with Gasteiger partial charge in [-0.05, 0) is 126 Å². The molecule has 8 atom stereocenters. The monoisotopic (exact) mass is 922 g/mol. The minimum absolute atomic E-state index is 0.0391. The van der Waals surface area contributed by atoms with Gasteiger partial charge < -0.3 is 44.4 Å². The molecule has 12 nitrogen and oxygen atoms in total. The predicted molar refractivity (Wildman–Crippen MR) is 267 cm³/mol. The van der Waals surface area contributed by atoms with Crippen molar-refractivity contribution < 1.29 is 42.8 Å². The minimum Gasteiger partial charge on any atom is -0.462 e. The van der Waals surface area contributed by atoms with Gasteiger partial charge in [-0.3, -0.25) is 0 Å². The maximum Gasteiger partial charge on any atom is 0.333 e. The van der Waals surface area contributed by atoms with E-state index in [2.05, 4.69) is 146 Å². The SMILES string of the molecule is C=C(C)C(=O)OCC(C)CNC(C)(C)C(C)COCC(CC)(CC(C)OCC(C)C(C)(C)NCC(C)COC(=O)C(=C)C)CC(C)(C)OCC(C)C(C)(C)NCC(C)COC(=O)C(=C)C. The zero-order valence-electron chi connectivity index (χ0n) is 45.0. The van der Waals surface area contributed by atoms with Crippen LogP contribution in [0.2, 0.25) is 0 Å². The van der Waals surface area contributed by atoms with Gasteiger partial charge in [0, 0.05) is 70.7 Å². The van der Waals surface area contributed by atoms with Crippen LogP contribution in [0.1, 0.15) is 151 Å². The van der Waals surface area contributed by atoms with Gasteiger partial charge in [0.25, 0.3) is 0 Å². The molecule has 0 saturated heterocycles. The van der Waals surface area contributed by atoms with Crippen LogP contribution in [0.5, 0.6) is 0 Å². The van der Waals surface area contributed by atoms with E-state index in [4.69, 9.17) is 28.4 Å². The molecule has 65 heavy (non-hydrogen) atoms. The van der Waals surface area contributed by atoms with E-state index in [9.17, 15) is 14.4 Å². The summed E-state index contributed by atoms with van der Waals surface area (Å²) < 4.78 is 36.4. The smallest absolute Gasteiger partial charge is 0.333 e. The molecule has 0 spiro atoms. The molecule has 8 unspecified atom stereocenters. The maximum atomic E-state index is 11.9. The van der Waals surface area contributed by atoms with Crippen LogP contribution in [0.3, 0.4) is 0 Å². The molecule has 0 amide bonds. The van der Waals surface area contributed by atoms with Crippen LogP contribution in [0.25, 0.3) is 0 Å². The lowest BCUT2D eigenvalue weighted by atomic mass is 9.73. The Labute approximate surface area is 397 Å². The molecule has 0 aliphatic rings. The van der Waals surface area contributed by atoms with E-state index in [1.807, 2.05) is 0 Å². The third-order valence-corrected chi connectivity index (χ3v) is 13.4. The lowest BCUT2D eigenvalue weighted by molar-refractivity contribution is -0.141. The molecule has 0 aliphatic carbocycles. The molecular formula is C53H99N3O9. The number of nitrogens with one attached hydrogen (secondary N) is 3. The van der Waals surface area contributed by atoms with Gasteiger partial charge in [0.05, 0.1) is 58.0 Å². The number of esters is 3. The highest BCUT2D eigenvalue weighted by Gasteiger charge is 2.40. The van der Waals surface area contributed by atoms with Crippen molar-refractivity contribution >= 4 is 17.9 Å². The highest BCUT2D eigenvalue weighted by Crippen LogP contribution is 2.40. The highest BCUT2D eigenvalue weighted by atomic mass is 16.5. The zero-order valence-corrected chi connectivity index (χ0v) is 45.0. The normalized spacial score (nSPS) is 16.8. The molecule has 12 heteroatoms. The first-order chi connectivity index (χ1) is 29.7. The minimum atomic E-state index is -0.460. The summed E-state index contributed by atoms with van der Waals surface area (Å²) in [4.78, 5) is 35.7. The number of hydrogen-bond acceptors (Lipinski definition) is 12. The number of ether oxygens (including phenoxy) is 6. The van der Waals surface area contributed by atoms with Crippen LogP contribution < -0.4 is 16.0 Å². The van der Waals surface area contributed by atoms with E-state index in [1.165, 1.54) is 0 Å². The van der Waals surface area contributed by atoms with E-state index in [0.29, 0.717) is 82.6 Å². The summed E-state index contributed by atoms with van der Waals surface area (Å²) in [6.07, 6.45) is 2.43. The standard InChI is InChI=1S/C53H99N3O9/c1-23-53(35-60-31-42(11)50(17,18)54-25-39(8)28-62-46(57)36(2)3,24-45(14)61-32-43(12)51(19,20)55-26-40(9)29-63-47(58)37(4)5)34-49(15,16)65-33-44(13)52(21,22)56-27-41(10)30-64-48(59)38(6)7/h39-45,54-56H,2,4,6,23-35H2,1,3,5,7-22H3. The Morgan fingerprint density at radius 2 is 0.862 bits per heavy atom. The molecular weight excluding hydrogens is 823 g/mol. The lowest BCUT2D eigenvalue weighted by Crippen LogP contribution is -2.50. The van der Waals surface area contributed by atoms with Crippen molar-refractivity contribution in [3.63, 3.8) is 0 Å². The molecule has 0 aliphatic heterocycles. The summed E-state index contributed by atoms with van der Waals surface area (Å²) in [6.45, 7) is 56.2. The molecule has 3 N–H and O–H groups in total. The number of hydrogen-bond donors (Lipinski definition) is 3. The van der Waals surface area contributed by atoms with Crippen molar-refractivity contribution in [3.05, 3.63) is 36.5 Å². The number of carbonyl (C=O) groups is 3. The Bertz CT molecular complexity index is 1490. The maximum absolute atomic E-state index is 11.9. The molecule has 0 heterocycles. The first kappa shape index (κ1) is 62.4. The van der Waals surface area contributed by atoms with Crippen molar-refractivity contribution in [2.45, 2.75) is 179 Å². The molecule has 0 bridgehead atoms. The second-order valence-electron chi connectivity index (χ2n) is 22.4. The summed E-state index contributed by atoms with van der Waals surface area (Å²) in [5, 5.41) is 11.1. The molecule has 380 valence electrons. The van der Waals surface area contributed by atoms with Crippen LogP contribution >= 0.6 is 0 Å². The third-order valence-electron chi connectivity index (χ3n) is 13.4. The fourth-order valence-electron chi connectivity index (χ4n) is 6.95. The first-order valence-electron chi connectivity index (χ1n) is 24.3. The Kier molecular flexibility index (Phi) is 27.5. The van der Waals surface area contributed by atoms with Crippen molar-refractivity contribution in [1.29, 1.82) is 0 Å². The van der Waals surface area contributed by atoms with Gasteiger partial charge in [-0.25, -0.2) is 14.4 Å². The highest BCUT2D eigenvalue weighted by molar-refractivity contribution is 5.87. The summed E-state index contributed by atoms with van der Waals surface area (Å²) in [5.74, 6) is -0.0827. The zero-order chi connectivity index (χ0) is 50.6. The van der Waals surface area contributed by atoms with Crippen molar-refractivity contribution in [3.8, 4) is 0 Å². The van der Waals surface area contributed by atoms with Crippen molar-refractivity contribution in [2.75, 3.05) is 65.9 Å². The van der Waals surface area contributed by atoms with Crippen molar-refractivity contribution in [1.82, 2.24) is 16.0 Å². The molecule has 0 aromatic rings. The summed E-state index contributed by atoms with van der Waals surface area (Å²) >= 11 is 0. The van der Waals surface area contributed by atoms with Gasteiger partial charge in [-0.2, -0.15) is 0 Å². The van der Waals surface area contributed by atoms with E-state index in [1.54, 1.807) is 20.8 Å². The van der Waals surface area contributed by atoms with Gasteiger partial charge in [-0.1, -0.05) is 68.2 Å². The fourth-order valence-corrected chi connectivity index (χ4v) is 6.95. The predicted octanol–water partition coefficient (Wildman–Crippen LogP) is 9.66. The molecule has 0 saturated carbocycles. The fraction of sp³-hybridized carbons (Fsp3) is 0.830. The second-order valence-corrected chi connectivity index (χ2v) is 22.4. The molecule has 0 rings (SSSR count). The van der Waals surface area contributed by atoms with Gasteiger partial charge >= 0.3 is 17.9 Å². The lowest BCUT2D eigenvalue weighted by Gasteiger charge is -2.43. The average Bonchev–Trinajstić information content (AvgIpc) is 3.21. The number of carbonyl (C=O) groups excluding carboxylic acids is 3. The van der Waals surface area contributed by atoms with Crippen LogP contribution in [0.4, 0.5) is 0 Å². The Morgan fingerprint density at radius 3 is 1.20 bits per heavy atom. The van der Waals surface area contributed by atoms with Crippen LogP contribution in [0, 0.1) is 40.9 Å². The van der Waals surface area contributed by atoms with Gasteiger partial charge in [0.1, 0.15) is 0 Å². The Hall–Kier alpha value is -2.61. The molecule has 0 aromatic carbocycles. The van der Waals surface area contributed by atoms with E-state index >= 15 is 0 Å². The number of rotatable bonds is 36. The van der Waals surface area contributed by atoms with Crippen LogP contribution in [-0.4, -0.2) is 112 Å². The third kappa shape index (κ3) is 25.4.